The summed E-state index contributed by atoms with van der Waals surface area (Å²) in [5, 5.41) is 11.6. The fourth-order valence-electron chi connectivity index (χ4n) is 4.53. The number of hydrogen-bond acceptors (Lipinski definition) is 6. The van der Waals surface area contributed by atoms with E-state index in [1.807, 2.05) is 42.5 Å². The summed E-state index contributed by atoms with van der Waals surface area (Å²) in [5.74, 6) is 1.34. The van der Waals surface area contributed by atoms with Crippen LogP contribution in [0, 0.1) is 0 Å². The van der Waals surface area contributed by atoms with Crippen LogP contribution in [0.3, 0.4) is 0 Å². The Balaban J connectivity index is 1.33. The van der Waals surface area contributed by atoms with Gasteiger partial charge < -0.3 is 14.6 Å². The number of ketones is 1. The van der Waals surface area contributed by atoms with Gasteiger partial charge in [0.2, 0.25) is 0 Å². The Labute approximate surface area is 209 Å². The third kappa shape index (κ3) is 5.19. The van der Waals surface area contributed by atoms with E-state index in [0.717, 1.165) is 51.7 Å². The van der Waals surface area contributed by atoms with E-state index in [0.29, 0.717) is 17.7 Å². The van der Waals surface area contributed by atoms with Crippen LogP contribution in [0.4, 0.5) is 0 Å². The number of ether oxygens (including phenoxy) is 2. The van der Waals surface area contributed by atoms with Crippen molar-refractivity contribution in [1.29, 1.82) is 0 Å². The SMILES string of the molecule is COc1ccc(-c2cc3ccc(O)c(C(=O)c4ccc(OCCN5CCCCC5)cc4)c3s2)cc1. The van der Waals surface area contributed by atoms with Crippen molar-refractivity contribution in [1.82, 2.24) is 4.90 Å². The average Bonchev–Trinajstić information content (AvgIpc) is 3.34. The van der Waals surface area contributed by atoms with Gasteiger partial charge in [-0.3, -0.25) is 9.69 Å². The lowest BCUT2D eigenvalue weighted by Crippen LogP contribution is -2.33. The number of phenols is 1. The molecule has 1 aromatic heterocycles. The van der Waals surface area contributed by atoms with Crippen LogP contribution in [0.2, 0.25) is 0 Å². The predicted molar refractivity (Wildman–Crippen MR) is 141 cm³/mol. The van der Waals surface area contributed by atoms with Crippen LogP contribution in [-0.4, -0.2) is 49.1 Å². The Hall–Kier alpha value is -3.35. The number of fused-ring (bicyclic) bond motifs is 1. The molecule has 5 rings (SSSR count). The molecule has 0 radical (unpaired) electrons. The van der Waals surface area contributed by atoms with E-state index in [2.05, 4.69) is 11.0 Å². The minimum Gasteiger partial charge on any atom is -0.507 e. The quantitative estimate of drug-likeness (QED) is 0.292. The second-order valence-electron chi connectivity index (χ2n) is 8.82. The number of piperidine rings is 1. The van der Waals surface area contributed by atoms with E-state index in [-0.39, 0.29) is 11.5 Å². The first kappa shape index (κ1) is 23.4. The molecule has 1 N–H and O–H groups in total. The molecule has 1 aliphatic rings. The second kappa shape index (κ2) is 10.5. The first-order valence-corrected chi connectivity index (χ1v) is 12.8. The summed E-state index contributed by atoms with van der Waals surface area (Å²) in [4.78, 5) is 16.9. The average molecular weight is 488 g/mol. The third-order valence-corrected chi connectivity index (χ3v) is 7.73. The van der Waals surface area contributed by atoms with Gasteiger partial charge in [-0.25, -0.2) is 0 Å². The minimum atomic E-state index is -0.198. The monoisotopic (exact) mass is 487 g/mol. The Morgan fingerprint density at radius 3 is 2.37 bits per heavy atom. The molecule has 0 saturated carbocycles. The molecule has 35 heavy (non-hydrogen) atoms. The van der Waals surface area contributed by atoms with Crippen molar-refractivity contribution in [2.24, 2.45) is 0 Å². The first-order valence-electron chi connectivity index (χ1n) is 12.0. The molecular formula is C29H29NO4S. The van der Waals surface area contributed by atoms with Gasteiger partial charge in [0.15, 0.2) is 5.78 Å². The number of thiophene rings is 1. The first-order chi connectivity index (χ1) is 17.1. The van der Waals surface area contributed by atoms with Crippen LogP contribution in [-0.2, 0) is 0 Å². The number of benzene rings is 3. The molecule has 1 aliphatic heterocycles. The zero-order valence-electron chi connectivity index (χ0n) is 19.8. The van der Waals surface area contributed by atoms with E-state index in [4.69, 9.17) is 9.47 Å². The van der Waals surface area contributed by atoms with Gasteiger partial charge in [-0.15, -0.1) is 11.3 Å². The normalized spacial score (nSPS) is 14.2. The Bertz CT molecular complexity index is 1310. The van der Waals surface area contributed by atoms with Gasteiger partial charge in [0.05, 0.1) is 12.7 Å². The number of rotatable bonds is 8. The van der Waals surface area contributed by atoms with E-state index in [1.165, 1.54) is 30.6 Å². The molecule has 5 nitrogen and oxygen atoms in total. The topological polar surface area (TPSA) is 59.0 Å². The molecule has 0 amide bonds. The van der Waals surface area contributed by atoms with Crippen molar-refractivity contribution in [2.75, 3.05) is 33.4 Å². The zero-order valence-corrected chi connectivity index (χ0v) is 20.6. The van der Waals surface area contributed by atoms with Crippen molar-refractivity contribution in [3.05, 3.63) is 77.9 Å². The van der Waals surface area contributed by atoms with Crippen LogP contribution >= 0.6 is 11.3 Å². The Morgan fingerprint density at radius 1 is 0.943 bits per heavy atom. The highest BCUT2D eigenvalue weighted by Crippen LogP contribution is 2.39. The standard InChI is InChI=1S/C29H29NO4S/c1-33-23-10-5-20(6-11-23)26-19-22-9-14-25(31)27(29(22)35-26)28(32)21-7-12-24(13-8-21)34-18-17-30-15-3-2-4-16-30/h5-14,19,31H,2-4,15-18H2,1H3. The molecule has 0 unspecified atom stereocenters. The van der Waals surface area contributed by atoms with Gasteiger partial charge >= 0.3 is 0 Å². The molecule has 0 atom stereocenters. The van der Waals surface area contributed by atoms with E-state index < -0.39 is 0 Å². The summed E-state index contributed by atoms with van der Waals surface area (Å²) in [5.41, 5.74) is 1.90. The maximum atomic E-state index is 13.4. The minimum absolute atomic E-state index is 0.00695. The van der Waals surface area contributed by atoms with Crippen LogP contribution in [0.5, 0.6) is 17.2 Å². The van der Waals surface area contributed by atoms with E-state index >= 15 is 0 Å². The van der Waals surface area contributed by atoms with Crippen molar-refractivity contribution in [3.63, 3.8) is 0 Å². The van der Waals surface area contributed by atoms with Crippen LogP contribution in [0.1, 0.15) is 35.2 Å². The molecular weight excluding hydrogens is 458 g/mol. The van der Waals surface area contributed by atoms with Crippen LogP contribution in [0.15, 0.2) is 66.7 Å². The smallest absolute Gasteiger partial charge is 0.198 e. The molecule has 0 spiro atoms. The zero-order chi connectivity index (χ0) is 24.2. The van der Waals surface area contributed by atoms with Crippen molar-refractivity contribution < 1.29 is 19.4 Å². The summed E-state index contributed by atoms with van der Waals surface area (Å²) in [7, 11) is 1.64. The molecule has 0 aliphatic carbocycles. The number of carbonyl (C=O) groups is 1. The lowest BCUT2D eigenvalue weighted by molar-refractivity contribution is 0.103. The van der Waals surface area contributed by atoms with Crippen LogP contribution < -0.4 is 9.47 Å². The Morgan fingerprint density at radius 2 is 1.66 bits per heavy atom. The number of nitrogens with zero attached hydrogens (tertiary/aromatic N) is 1. The highest BCUT2D eigenvalue weighted by atomic mass is 32.1. The number of carbonyl (C=O) groups excluding carboxylic acids is 1. The molecule has 1 fully saturated rings. The highest BCUT2D eigenvalue weighted by molar-refractivity contribution is 7.22. The number of likely N-dealkylation sites (tertiary alicyclic amines) is 1. The third-order valence-electron chi connectivity index (χ3n) is 6.51. The van der Waals surface area contributed by atoms with Crippen LogP contribution in [0.25, 0.3) is 20.5 Å². The maximum absolute atomic E-state index is 13.4. The molecule has 3 aromatic carbocycles. The van der Waals surface area contributed by atoms with Gasteiger partial charge in [0.25, 0.3) is 0 Å². The summed E-state index contributed by atoms with van der Waals surface area (Å²) in [6, 6.07) is 20.5. The summed E-state index contributed by atoms with van der Waals surface area (Å²) < 4.78 is 11.9. The molecule has 6 heteroatoms. The summed E-state index contributed by atoms with van der Waals surface area (Å²) in [6.45, 7) is 3.85. The lowest BCUT2D eigenvalue weighted by Gasteiger charge is -2.26. The van der Waals surface area contributed by atoms with Crippen molar-refractivity contribution in [2.45, 2.75) is 19.3 Å². The summed E-state index contributed by atoms with van der Waals surface area (Å²) >= 11 is 1.50. The lowest BCUT2D eigenvalue weighted by atomic mass is 10.0. The molecule has 180 valence electrons. The highest BCUT2D eigenvalue weighted by Gasteiger charge is 2.20. The number of phenolic OH excluding ortho intramolecular Hbond substituents is 1. The molecule has 0 bridgehead atoms. The van der Waals surface area contributed by atoms with Gasteiger partial charge in [-0.1, -0.05) is 6.42 Å². The van der Waals surface area contributed by atoms with Gasteiger partial charge in [0, 0.05) is 21.7 Å². The number of methoxy groups -OCH3 is 1. The number of aromatic hydroxyl groups is 1. The number of hydrogen-bond donors (Lipinski definition) is 1. The van der Waals surface area contributed by atoms with Gasteiger partial charge in [-0.05, 0) is 104 Å². The van der Waals surface area contributed by atoms with Gasteiger partial charge in [0.1, 0.15) is 23.9 Å². The van der Waals surface area contributed by atoms with Gasteiger partial charge in [-0.2, -0.15) is 0 Å². The predicted octanol–water partition coefficient (Wildman–Crippen LogP) is 6.38. The van der Waals surface area contributed by atoms with E-state index in [1.54, 1.807) is 25.3 Å². The van der Waals surface area contributed by atoms with E-state index in [9.17, 15) is 9.90 Å². The largest absolute Gasteiger partial charge is 0.507 e. The van der Waals surface area contributed by atoms with Crippen molar-refractivity contribution in [3.8, 4) is 27.7 Å². The molecule has 2 heterocycles. The fourth-order valence-corrected chi connectivity index (χ4v) is 5.74. The van der Waals surface area contributed by atoms with Crippen molar-refractivity contribution >= 4 is 27.2 Å². The second-order valence-corrected chi connectivity index (χ2v) is 9.87. The fraction of sp³-hybridized carbons (Fsp3) is 0.276. The molecule has 4 aromatic rings. The Kier molecular flexibility index (Phi) is 7.02. The summed E-state index contributed by atoms with van der Waals surface area (Å²) in [6.07, 6.45) is 3.86. The maximum Gasteiger partial charge on any atom is 0.198 e. The molecule has 1 saturated heterocycles.